The average molecular weight is 303 g/mol. The van der Waals surface area contributed by atoms with Crippen molar-refractivity contribution in [2.75, 3.05) is 5.32 Å². The fourth-order valence-corrected chi connectivity index (χ4v) is 1.79. The van der Waals surface area contributed by atoms with Crippen molar-refractivity contribution >= 4 is 99.4 Å². The van der Waals surface area contributed by atoms with E-state index in [-0.39, 0.29) is 65.0 Å². The van der Waals surface area contributed by atoms with Crippen LogP contribution in [0.4, 0.5) is 5.69 Å². The van der Waals surface area contributed by atoms with Gasteiger partial charge in [-0.3, -0.25) is 4.79 Å². The van der Waals surface area contributed by atoms with Crippen molar-refractivity contribution < 1.29 is 9.59 Å². The van der Waals surface area contributed by atoms with E-state index in [1.54, 1.807) is 0 Å². The molecule has 3 nitrogen and oxygen atoms in total. The molecule has 0 aliphatic rings. The second-order valence-electron chi connectivity index (χ2n) is 3.22. The molecule has 1 amide bonds. The maximum atomic E-state index is 11.4. The van der Waals surface area contributed by atoms with Gasteiger partial charge in [-0.05, 0) is 30.7 Å². The number of unbranched alkanes of at least 4 members (excludes halogenated alkanes) is 1. The Bertz CT molecular complexity index is 361. The van der Waals surface area contributed by atoms with E-state index in [0.29, 0.717) is 19.3 Å². The number of benzene rings is 1. The molecule has 1 N–H and O–H groups in total. The molecule has 1 rings (SSSR count). The van der Waals surface area contributed by atoms with Crippen molar-refractivity contribution in [3.63, 3.8) is 0 Å². The first-order valence-corrected chi connectivity index (χ1v) is 6.78. The molecule has 0 aromatic heterocycles. The molecule has 0 fully saturated rings. The summed E-state index contributed by atoms with van der Waals surface area (Å²) in [6, 6.07) is 7.43. The van der Waals surface area contributed by atoms with Crippen LogP contribution in [0.1, 0.15) is 19.3 Å². The molecular formula is C11H15NNa2O2S2. The third kappa shape index (κ3) is 9.04. The zero-order valence-electron chi connectivity index (χ0n) is 8.68. The van der Waals surface area contributed by atoms with Crippen molar-refractivity contribution in [2.45, 2.75) is 24.2 Å². The van der Waals surface area contributed by atoms with Crippen molar-refractivity contribution in [2.24, 2.45) is 0 Å². The van der Waals surface area contributed by atoms with Crippen LogP contribution >= 0.6 is 22.5 Å². The SMILES string of the molecule is O=CCCCC(=O)Nc1ccc(SS)cc1.[NaH].[NaH]. The van der Waals surface area contributed by atoms with E-state index >= 15 is 0 Å². The van der Waals surface area contributed by atoms with Gasteiger partial charge in [0, 0.05) is 23.4 Å². The number of carbonyl (C=O) groups is 2. The Morgan fingerprint density at radius 3 is 2.39 bits per heavy atom. The van der Waals surface area contributed by atoms with Crippen LogP contribution in [-0.4, -0.2) is 71.3 Å². The fraction of sp³-hybridized carbons (Fsp3) is 0.273. The van der Waals surface area contributed by atoms with Crippen LogP contribution in [0.5, 0.6) is 0 Å². The van der Waals surface area contributed by atoms with Gasteiger partial charge in [0.1, 0.15) is 6.29 Å². The molecule has 0 aliphatic carbocycles. The van der Waals surface area contributed by atoms with Gasteiger partial charge < -0.3 is 10.1 Å². The molecule has 1 aromatic rings. The predicted molar refractivity (Wildman–Crippen MR) is 84.1 cm³/mol. The Kier molecular flexibility index (Phi) is 15.5. The molecule has 0 unspecified atom stereocenters. The van der Waals surface area contributed by atoms with Gasteiger partial charge in [0.05, 0.1) is 0 Å². The molecule has 18 heavy (non-hydrogen) atoms. The Hall–Kier alpha value is 1.06. The second kappa shape index (κ2) is 13.1. The fourth-order valence-electron chi connectivity index (χ4n) is 1.17. The quantitative estimate of drug-likeness (QED) is 0.276. The molecule has 0 aliphatic heterocycles. The minimum absolute atomic E-state index is 0. The molecule has 90 valence electrons. The summed E-state index contributed by atoms with van der Waals surface area (Å²) >= 11 is 4.07. The molecule has 0 heterocycles. The third-order valence-electron chi connectivity index (χ3n) is 1.97. The van der Waals surface area contributed by atoms with Gasteiger partial charge in [-0.2, -0.15) is 0 Å². The minimum atomic E-state index is -0.0619. The number of nitrogens with one attached hydrogen (secondary N) is 1. The number of rotatable bonds is 6. The van der Waals surface area contributed by atoms with Gasteiger partial charge in [0.15, 0.2) is 0 Å². The van der Waals surface area contributed by atoms with Crippen LogP contribution in [0.2, 0.25) is 0 Å². The van der Waals surface area contributed by atoms with E-state index in [0.717, 1.165) is 16.9 Å². The monoisotopic (exact) mass is 303 g/mol. The number of amides is 1. The first-order valence-electron chi connectivity index (χ1n) is 4.91. The van der Waals surface area contributed by atoms with Crippen LogP contribution in [0.3, 0.4) is 0 Å². The first-order chi connectivity index (χ1) is 7.76. The summed E-state index contributed by atoms with van der Waals surface area (Å²) in [4.78, 5) is 22.5. The summed E-state index contributed by atoms with van der Waals surface area (Å²) < 4.78 is 0. The van der Waals surface area contributed by atoms with Crippen molar-refractivity contribution in [1.82, 2.24) is 0 Å². The molecule has 7 heteroatoms. The number of hydrogen-bond donors (Lipinski definition) is 2. The number of anilines is 1. The summed E-state index contributed by atoms with van der Waals surface area (Å²) in [5.74, 6) is -0.0619. The second-order valence-corrected chi connectivity index (χ2v) is 4.42. The van der Waals surface area contributed by atoms with Gasteiger partial charge >= 0.3 is 59.1 Å². The number of aldehydes is 1. The Balaban J connectivity index is 0. The van der Waals surface area contributed by atoms with E-state index in [1.807, 2.05) is 24.3 Å². The summed E-state index contributed by atoms with van der Waals surface area (Å²) in [5.41, 5.74) is 0.766. The van der Waals surface area contributed by atoms with Gasteiger partial charge in [0.25, 0.3) is 0 Å². The Labute approximate surface area is 161 Å². The molecule has 1 aromatic carbocycles. The summed E-state index contributed by atoms with van der Waals surface area (Å²) in [6.45, 7) is 0. The van der Waals surface area contributed by atoms with E-state index in [9.17, 15) is 9.59 Å². The Morgan fingerprint density at radius 1 is 1.28 bits per heavy atom. The molecule has 0 atom stereocenters. The van der Waals surface area contributed by atoms with Gasteiger partial charge in [-0.15, -0.1) is 11.7 Å². The predicted octanol–water partition coefficient (Wildman–Crippen LogP) is 1.63. The number of carbonyl (C=O) groups excluding carboxylic acids is 2. The summed E-state index contributed by atoms with van der Waals surface area (Å²) in [6.07, 6.45) is 2.23. The summed E-state index contributed by atoms with van der Waals surface area (Å²) in [7, 11) is 1.36. The molecule has 0 radical (unpaired) electrons. The third-order valence-corrected chi connectivity index (χ3v) is 3.08. The van der Waals surface area contributed by atoms with E-state index in [1.165, 1.54) is 10.8 Å². The van der Waals surface area contributed by atoms with Crippen molar-refractivity contribution in [3.8, 4) is 0 Å². The molecule has 0 bridgehead atoms. The summed E-state index contributed by atoms with van der Waals surface area (Å²) in [5, 5.41) is 2.76. The van der Waals surface area contributed by atoms with Crippen LogP contribution in [0.25, 0.3) is 0 Å². The Morgan fingerprint density at radius 2 is 1.89 bits per heavy atom. The van der Waals surface area contributed by atoms with E-state index in [2.05, 4.69) is 17.0 Å². The zero-order chi connectivity index (χ0) is 11.8. The van der Waals surface area contributed by atoms with Crippen molar-refractivity contribution in [1.29, 1.82) is 0 Å². The van der Waals surface area contributed by atoms with Gasteiger partial charge in [0.2, 0.25) is 5.91 Å². The topological polar surface area (TPSA) is 46.2 Å². The van der Waals surface area contributed by atoms with Crippen LogP contribution in [0.15, 0.2) is 29.2 Å². The number of thiol groups is 1. The van der Waals surface area contributed by atoms with Crippen molar-refractivity contribution in [3.05, 3.63) is 24.3 Å². The molecule has 0 saturated heterocycles. The molecule has 0 saturated carbocycles. The van der Waals surface area contributed by atoms with Crippen LogP contribution < -0.4 is 5.32 Å². The van der Waals surface area contributed by atoms with E-state index < -0.39 is 0 Å². The standard InChI is InChI=1S/C11H13NO2S2.2Na.2H/c13-8-2-1-3-11(14)12-9-4-6-10(16-15)7-5-9;;;;/h4-8,15H,1-3H2,(H,12,14);;;;. The van der Waals surface area contributed by atoms with E-state index in [4.69, 9.17) is 0 Å². The molecular weight excluding hydrogens is 288 g/mol. The average Bonchev–Trinajstić information content (AvgIpc) is 2.30. The zero-order valence-corrected chi connectivity index (χ0v) is 10.4. The van der Waals surface area contributed by atoms with Crippen LogP contribution in [0, 0.1) is 0 Å². The van der Waals surface area contributed by atoms with Gasteiger partial charge in [-0.25, -0.2) is 0 Å². The number of hydrogen-bond acceptors (Lipinski definition) is 4. The maximum absolute atomic E-state index is 11.4. The van der Waals surface area contributed by atoms with Crippen LogP contribution in [-0.2, 0) is 9.59 Å². The van der Waals surface area contributed by atoms with Gasteiger partial charge in [-0.1, -0.05) is 10.8 Å². The first kappa shape index (κ1) is 21.4. The molecule has 0 spiro atoms. The normalized spacial score (nSPS) is 8.72.